The minimum Gasteiger partial charge on any atom is -0.317 e. The molecule has 5 nitrogen and oxygen atoms in total. The first-order chi connectivity index (χ1) is 6.79. The lowest BCUT2D eigenvalue weighted by Gasteiger charge is -2.04. The third-order valence-corrected chi connectivity index (χ3v) is 3.32. The smallest absolute Gasteiger partial charge is 0.265 e. The van der Waals surface area contributed by atoms with Crippen molar-refractivity contribution >= 4 is 26.0 Å². The predicted octanol–water partition coefficient (Wildman–Crippen LogP) is 0.578. The van der Waals surface area contributed by atoms with Gasteiger partial charge in [0, 0.05) is 23.8 Å². The van der Waals surface area contributed by atoms with Gasteiger partial charge in [0.2, 0.25) is 0 Å². The number of aryl methyl sites for hydroxylation is 2. The van der Waals surface area contributed by atoms with E-state index in [1.807, 2.05) is 0 Å². The van der Waals surface area contributed by atoms with Gasteiger partial charge in [-0.15, -0.1) is 0 Å². The van der Waals surface area contributed by atoms with Crippen LogP contribution in [0.25, 0.3) is 0 Å². The fourth-order valence-electron chi connectivity index (χ4n) is 1.07. The standard InChI is InChI=1S/C8H10BrNO4S/c1-10-5-7(9)6(4-8(10)11)2-3-15(12,13)14/h4-5H,2-3H2,1H3,(H,12,13,14). The Morgan fingerprint density at radius 3 is 2.67 bits per heavy atom. The molecule has 0 aliphatic rings. The zero-order valence-corrected chi connectivity index (χ0v) is 10.4. The van der Waals surface area contributed by atoms with Gasteiger partial charge in [-0.1, -0.05) is 0 Å². The van der Waals surface area contributed by atoms with Crippen LogP contribution in [0.2, 0.25) is 0 Å². The Balaban J connectivity index is 2.97. The summed E-state index contributed by atoms with van der Waals surface area (Å²) < 4.78 is 31.6. The first-order valence-corrected chi connectivity index (χ1v) is 6.50. The maximum absolute atomic E-state index is 11.2. The Morgan fingerprint density at radius 2 is 2.13 bits per heavy atom. The highest BCUT2D eigenvalue weighted by Crippen LogP contribution is 2.14. The molecule has 0 fully saturated rings. The van der Waals surface area contributed by atoms with E-state index in [-0.39, 0.29) is 12.0 Å². The van der Waals surface area contributed by atoms with Crippen molar-refractivity contribution < 1.29 is 13.0 Å². The van der Waals surface area contributed by atoms with E-state index in [0.717, 1.165) is 0 Å². The molecule has 1 heterocycles. The van der Waals surface area contributed by atoms with E-state index in [2.05, 4.69) is 15.9 Å². The molecule has 0 aliphatic carbocycles. The summed E-state index contributed by atoms with van der Waals surface area (Å²) >= 11 is 3.21. The molecule has 15 heavy (non-hydrogen) atoms. The van der Waals surface area contributed by atoms with Crippen molar-refractivity contribution in [2.75, 3.05) is 5.75 Å². The number of halogens is 1. The summed E-state index contributed by atoms with van der Waals surface area (Å²) in [6, 6.07) is 1.34. The molecule has 84 valence electrons. The van der Waals surface area contributed by atoms with Crippen LogP contribution in [0.5, 0.6) is 0 Å². The molecule has 0 aliphatic heterocycles. The van der Waals surface area contributed by atoms with Crippen LogP contribution >= 0.6 is 15.9 Å². The van der Waals surface area contributed by atoms with Gasteiger partial charge in [0.1, 0.15) is 0 Å². The van der Waals surface area contributed by atoms with Gasteiger partial charge in [-0.3, -0.25) is 9.35 Å². The molecule has 7 heteroatoms. The van der Waals surface area contributed by atoms with Crippen molar-refractivity contribution in [1.82, 2.24) is 4.57 Å². The molecule has 0 aromatic carbocycles. The second-order valence-corrected chi connectivity index (χ2v) is 5.56. The van der Waals surface area contributed by atoms with Crippen LogP contribution in [0.15, 0.2) is 21.5 Å². The molecule has 0 radical (unpaired) electrons. The minimum absolute atomic E-state index is 0.107. The predicted molar refractivity (Wildman–Crippen MR) is 59.5 cm³/mol. The van der Waals surface area contributed by atoms with Crippen LogP contribution in [0.3, 0.4) is 0 Å². The normalized spacial score (nSPS) is 11.7. The molecule has 1 aromatic heterocycles. The lowest BCUT2D eigenvalue weighted by Crippen LogP contribution is -2.17. The number of pyridine rings is 1. The van der Waals surface area contributed by atoms with Crippen molar-refractivity contribution in [1.29, 1.82) is 0 Å². The molecule has 0 saturated carbocycles. The topological polar surface area (TPSA) is 76.4 Å². The molecule has 0 saturated heterocycles. The summed E-state index contributed by atoms with van der Waals surface area (Å²) in [5.41, 5.74) is 0.347. The van der Waals surface area contributed by atoms with E-state index < -0.39 is 15.9 Å². The van der Waals surface area contributed by atoms with Gasteiger partial charge in [-0.2, -0.15) is 8.42 Å². The first-order valence-electron chi connectivity index (χ1n) is 4.10. The lowest BCUT2D eigenvalue weighted by molar-refractivity contribution is 0.482. The maximum Gasteiger partial charge on any atom is 0.265 e. The fourth-order valence-corrected chi connectivity index (χ4v) is 2.16. The Hall–Kier alpha value is -0.660. The van der Waals surface area contributed by atoms with Crippen LogP contribution in [-0.4, -0.2) is 23.3 Å². The highest BCUT2D eigenvalue weighted by molar-refractivity contribution is 9.10. The molecule has 0 bridgehead atoms. The summed E-state index contributed by atoms with van der Waals surface area (Å²) in [5.74, 6) is -0.390. The second-order valence-electron chi connectivity index (χ2n) is 3.13. The van der Waals surface area contributed by atoms with Gasteiger partial charge in [-0.05, 0) is 27.9 Å². The summed E-state index contributed by atoms with van der Waals surface area (Å²) in [5, 5.41) is 0. The van der Waals surface area contributed by atoms with E-state index in [1.165, 1.54) is 10.6 Å². The average molecular weight is 296 g/mol. The van der Waals surface area contributed by atoms with E-state index in [9.17, 15) is 13.2 Å². The SMILES string of the molecule is Cn1cc(Br)c(CCS(=O)(=O)O)cc1=O. The van der Waals surface area contributed by atoms with E-state index in [4.69, 9.17) is 4.55 Å². The third-order valence-electron chi connectivity index (χ3n) is 1.89. The van der Waals surface area contributed by atoms with Crippen LogP contribution in [0.4, 0.5) is 0 Å². The largest absolute Gasteiger partial charge is 0.317 e. The first kappa shape index (κ1) is 12.4. The molecule has 0 spiro atoms. The molecular formula is C8H10BrNO4S. The van der Waals surface area contributed by atoms with Gasteiger partial charge in [0.15, 0.2) is 0 Å². The summed E-state index contributed by atoms with van der Waals surface area (Å²) in [6.07, 6.45) is 1.66. The lowest BCUT2D eigenvalue weighted by atomic mass is 10.2. The summed E-state index contributed by atoms with van der Waals surface area (Å²) in [4.78, 5) is 11.2. The number of nitrogens with zero attached hydrogens (tertiary/aromatic N) is 1. The van der Waals surface area contributed by atoms with Crippen molar-refractivity contribution in [3.05, 3.63) is 32.7 Å². The second kappa shape index (κ2) is 4.46. The Kier molecular flexibility index (Phi) is 3.69. The van der Waals surface area contributed by atoms with Crippen LogP contribution in [0.1, 0.15) is 5.56 Å². The van der Waals surface area contributed by atoms with Gasteiger partial charge < -0.3 is 4.57 Å². The monoisotopic (exact) mass is 295 g/mol. The Bertz CT molecular complexity index is 520. The van der Waals surface area contributed by atoms with Crippen LogP contribution in [-0.2, 0) is 23.6 Å². The molecule has 0 unspecified atom stereocenters. The highest BCUT2D eigenvalue weighted by atomic mass is 79.9. The number of aromatic nitrogens is 1. The number of hydrogen-bond donors (Lipinski definition) is 1. The molecule has 0 atom stereocenters. The average Bonchev–Trinajstić information content (AvgIpc) is 2.07. The summed E-state index contributed by atoms with van der Waals surface area (Å²) in [7, 11) is -2.39. The Labute approximate surface area is 95.6 Å². The van der Waals surface area contributed by atoms with Crippen molar-refractivity contribution in [3.8, 4) is 0 Å². The van der Waals surface area contributed by atoms with Crippen molar-refractivity contribution in [3.63, 3.8) is 0 Å². The number of rotatable bonds is 3. The summed E-state index contributed by atoms with van der Waals surface area (Å²) in [6.45, 7) is 0. The highest BCUT2D eigenvalue weighted by Gasteiger charge is 2.08. The van der Waals surface area contributed by atoms with E-state index in [1.54, 1.807) is 13.2 Å². The molecule has 0 amide bonds. The number of hydrogen-bond acceptors (Lipinski definition) is 3. The van der Waals surface area contributed by atoms with E-state index >= 15 is 0 Å². The van der Waals surface area contributed by atoms with Gasteiger partial charge >= 0.3 is 0 Å². The van der Waals surface area contributed by atoms with E-state index in [0.29, 0.717) is 10.0 Å². The zero-order chi connectivity index (χ0) is 11.6. The fraction of sp³-hybridized carbons (Fsp3) is 0.375. The molecular weight excluding hydrogens is 286 g/mol. The van der Waals surface area contributed by atoms with Gasteiger partial charge in [0.25, 0.3) is 15.7 Å². The van der Waals surface area contributed by atoms with Crippen molar-refractivity contribution in [2.45, 2.75) is 6.42 Å². The van der Waals surface area contributed by atoms with Gasteiger partial charge in [-0.25, -0.2) is 0 Å². The zero-order valence-electron chi connectivity index (χ0n) is 7.97. The quantitative estimate of drug-likeness (QED) is 0.828. The molecule has 1 N–H and O–H groups in total. The molecule has 1 aromatic rings. The van der Waals surface area contributed by atoms with Crippen molar-refractivity contribution in [2.24, 2.45) is 7.05 Å². The van der Waals surface area contributed by atoms with Gasteiger partial charge in [0.05, 0.1) is 5.75 Å². The minimum atomic E-state index is -3.99. The third kappa shape index (κ3) is 3.77. The Morgan fingerprint density at radius 1 is 1.53 bits per heavy atom. The molecule has 1 rings (SSSR count). The van der Waals surface area contributed by atoms with Crippen LogP contribution < -0.4 is 5.56 Å². The maximum atomic E-state index is 11.2. The van der Waals surface area contributed by atoms with Crippen LogP contribution in [0, 0.1) is 0 Å².